The van der Waals surface area contributed by atoms with Gasteiger partial charge in [0.1, 0.15) is 5.75 Å². The van der Waals surface area contributed by atoms with Crippen LogP contribution in [0, 0.1) is 5.92 Å². The van der Waals surface area contributed by atoms with E-state index in [4.69, 9.17) is 4.74 Å². The molecule has 2 aliphatic rings. The smallest absolute Gasteiger partial charge is 0.126 e. The average molecular weight is 261 g/mol. The molecule has 0 amide bonds. The first-order chi connectivity index (χ1) is 9.20. The zero-order valence-corrected chi connectivity index (χ0v) is 11.8. The average Bonchev–Trinajstić information content (AvgIpc) is 3.27. The quantitative estimate of drug-likeness (QED) is 0.854. The summed E-state index contributed by atoms with van der Waals surface area (Å²) in [4.78, 5) is 2.50. The van der Waals surface area contributed by atoms with Gasteiger partial charge in [0.15, 0.2) is 0 Å². The highest BCUT2D eigenvalue weighted by Gasteiger charge is 2.35. The lowest BCUT2D eigenvalue weighted by Gasteiger charge is -2.29. The number of hydrogen-bond donors (Lipinski definition) is 1. The summed E-state index contributed by atoms with van der Waals surface area (Å²) >= 11 is 0. The summed E-state index contributed by atoms with van der Waals surface area (Å²) in [5.74, 6) is 1.66. The summed E-state index contributed by atoms with van der Waals surface area (Å²) in [6, 6.07) is 6.77. The normalized spacial score (nSPS) is 20.2. The largest absolute Gasteiger partial charge is 0.496 e. The van der Waals surface area contributed by atoms with Gasteiger partial charge in [0.2, 0.25) is 0 Å². The molecule has 1 unspecified atom stereocenters. The van der Waals surface area contributed by atoms with E-state index in [9.17, 15) is 5.11 Å². The Morgan fingerprint density at radius 3 is 2.58 bits per heavy atom. The maximum atomic E-state index is 10.1. The van der Waals surface area contributed by atoms with Crippen molar-refractivity contribution in [1.82, 2.24) is 0 Å². The standard InChI is InChI=1S/C16H23NO2/c1-11(18)16-14(4-3-5-15(16)19-2)17(13-8-9-13)10-12-6-7-12/h3-5,11-13,18H,6-10H2,1-2H3. The van der Waals surface area contributed by atoms with Crippen LogP contribution in [0.5, 0.6) is 5.75 Å². The van der Waals surface area contributed by atoms with Crippen molar-refractivity contribution in [3.8, 4) is 5.75 Å². The molecule has 2 saturated carbocycles. The van der Waals surface area contributed by atoms with Crippen molar-refractivity contribution in [2.24, 2.45) is 5.92 Å². The Kier molecular flexibility index (Phi) is 3.40. The second kappa shape index (κ2) is 5.04. The van der Waals surface area contributed by atoms with Crippen LogP contribution in [0.15, 0.2) is 18.2 Å². The first-order valence-corrected chi connectivity index (χ1v) is 7.32. The predicted molar refractivity (Wildman–Crippen MR) is 76.7 cm³/mol. The van der Waals surface area contributed by atoms with Crippen molar-refractivity contribution in [3.05, 3.63) is 23.8 Å². The predicted octanol–water partition coefficient (Wildman–Crippen LogP) is 3.13. The Labute approximate surface area is 115 Å². The molecule has 0 aliphatic heterocycles. The lowest BCUT2D eigenvalue weighted by atomic mass is 10.0. The Balaban J connectivity index is 1.95. The van der Waals surface area contributed by atoms with Gasteiger partial charge in [0.05, 0.1) is 13.2 Å². The number of anilines is 1. The van der Waals surface area contributed by atoms with Crippen molar-refractivity contribution >= 4 is 5.69 Å². The molecule has 0 radical (unpaired) electrons. The molecule has 1 atom stereocenters. The fourth-order valence-corrected chi connectivity index (χ4v) is 2.79. The Bertz CT molecular complexity index is 450. The van der Waals surface area contributed by atoms with Gasteiger partial charge in [0.25, 0.3) is 0 Å². The first-order valence-electron chi connectivity index (χ1n) is 7.32. The maximum Gasteiger partial charge on any atom is 0.126 e. The van der Waals surface area contributed by atoms with E-state index in [1.807, 2.05) is 19.1 Å². The molecule has 0 heterocycles. The van der Waals surface area contributed by atoms with Crippen molar-refractivity contribution in [2.45, 2.75) is 44.8 Å². The maximum absolute atomic E-state index is 10.1. The number of aliphatic hydroxyl groups excluding tert-OH is 1. The number of ether oxygens (including phenoxy) is 1. The first kappa shape index (κ1) is 12.8. The lowest BCUT2D eigenvalue weighted by Crippen LogP contribution is -2.29. The topological polar surface area (TPSA) is 32.7 Å². The highest BCUT2D eigenvalue weighted by Crippen LogP contribution is 2.42. The molecule has 0 spiro atoms. The summed E-state index contributed by atoms with van der Waals surface area (Å²) in [6.07, 6.45) is 4.78. The second-order valence-corrected chi connectivity index (χ2v) is 5.90. The molecule has 2 aliphatic carbocycles. The molecule has 0 bridgehead atoms. The van der Waals surface area contributed by atoms with Gasteiger partial charge in [0, 0.05) is 23.8 Å². The van der Waals surface area contributed by atoms with E-state index in [1.54, 1.807) is 7.11 Å². The van der Waals surface area contributed by atoms with Crippen LogP contribution in [0.3, 0.4) is 0 Å². The van der Waals surface area contributed by atoms with Gasteiger partial charge in [-0.2, -0.15) is 0 Å². The Morgan fingerprint density at radius 2 is 2.05 bits per heavy atom. The summed E-state index contributed by atoms with van der Waals surface area (Å²) in [5, 5.41) is 10.1. The molecule has 0 aromatic heterocycles. The fourth-order valence-electron chi connectivity index (χ4n) is 2.79. The molecule has 1 N–H and O–H groups in total. The van der Waals surface area contributed by atoms with E-state index < -0.39 is 6.10 Å². The van der Waals surface area contributed by atoms with Gasteiger partial charge in [-0.1, -0.05) is 6.07 Å². The van der Waals surface area contributed by atoms with Crippen LogP contribution >= 0.6 is 0 Å². The zero-order chi connectivity index (χ0) is 13.4. The van der Waals surface area contributed by atoms with Crippen LogP contribution < -0.4 is 9.64 Å². The molecule has 3 heteroatoms. The number of benzene rings is 1. The molecule has 104 valence electrons. The molecular weight excluding hydrogens is 238 g/mol. The van der Waals surface area contributed by atoms with E-state index in [2.05, 4.69) is 11.0 Å². The van der Waals surface area contributed by atoms with Crippen LogP contribution in [0.25, 0.3) is 0 Å². The van der Waals surface area contributed by atoms with Crippen molar-refractivity contribution in [1.29, 1.82) is 0 Å². The summed E-state index contributed by atoms with van der Waals surface area (Å²) in [7, 11) is 1.67. The van der Waals surface area contributed by atoms with E-state index in [-0.39, 0.29) is 0 Å². The van der Waals surface area contributed by atoms with E-state index in [1.165, 1.54) is 31.4 Å². The van der Waals surface area contributed by atoms with Gasteiger partial charge < -0.3 is 14.7 Å². The monoisotopic (exact) mass is 261 g/mol. The highest BCUT2D eigenvalue weighted by atomic mass is 16.5. The summed E-state index contributed by atoms with van der Waals surface area (Å²) in [5.41, 5.74) is 2.11. The van der Waals surface area contributed by atoms with Crippen LogP contribution in [-0.4, -0.2) is 24.8 Å². The van der Waals surface area contributed by atoms with Crippen LogP contribution in [-0.2, 0) is 0 Å². The molecule has 0 saturated heterocycles. The minimum Gasteiger partial charge on any atom is -0.496 e. The van der Waals surface area contributed by atoms with Gasteiger partial charge >= 0.3 is 0 Å². The Hall–Kier alpha value is -1.22. The number of hydrogen-bond acceptors (Lipinski definition) is 3. The third-order valence-corrected chi connectivity index (χ3v) is 4.13. The van der Waals surface area contributed by atoms with Gasteiger partial charge in [-0.15, -0.1) is 0 Å². The molecular formula is C16H23NO2. The van der Waals surface area contributed by atoms with Crippen molar-refractivity contribution < 1.29 is 9.84 Å². The number of rotatable bonds is 6. The summed E-state index contributed by atoms with van der Waals surface area (Å²) < 4.78 is 5.43. The van der Waals surface area contributed by atoms with E-state index in [0.29, 0.717) is 6.04 Å². The second-order valence-electron chi connectivity index (χ2n) is 5.90. The van der Waals surface area contributed by atoms with Crippen LogP contribution in [0.2, 0.25) is 0 Å². The van der Waals surface area contributed by atoms with E-state index in [0.717, 1.165) is 23.8 Å². The van der Waals surface area contributed by atoms with Crippen LogP contribution in [0.4, 0.5) is 5.69 Å². The molecule has 3 nitrogen and oxygen atoms in total. The number of aliphatic hydroxyl groups is 1. The highest BCUT2D eigenvalue weighted by molar-refractivity contribution is 5.61. The Morgan fingerprint density at radius 1 is 1.32 bits per heavy atom. The van der Waals surface area contributed by atoms with Crippen molar-refractivity contribution in [3.63, 3.8) is 0 Å². The SMILES string of the molecule is COc1cccc(N(CC2CC2)C2CC2)c1C(C)O. The molecule has 19 heavy (non-hydrogen) atoms. The summed E-state index contributed by atoms with van der Waals surface area (Å²) in [6.45, 7) is 2.96. The van der Waals surface area contributed by atoms with Crippen molar-refractivity contribution in [2.75, 3.05) is 18.6 Å². The van der Waals surface area contributed by atoms with Gasteiger partial charge in [-0.05, 0) is 50.7 Å². The third-order valence-electron chi connectivity index (χ3n) is 4.13. The molecule has 3 rings (SSSR count). The lowest BCUT2D eigenvalue weighted by molar-refractivity contribution is 0.194. The fraction of sp³-hybridized carbons (Fsp3) is 0.625. The van der Waals surface area contributed by atoms with Crippen LogP contribution in [0.1, 0.15) is 44.3 Å². The molecule has 2 fully saturated rings. The number of methoxy groups -OCH3 is 1. The zero-order valence-electron chi connectivity index (χ0n) is 11.8. The minimum atomic E-state index is -0.494. The number of nitrogens with zero attached hydrogens (tertiary/aromatic N) is 1. The third kappa shape index (κ3) is 2.71. The van der Waals surface area contributed by atoms with E-state index >= 15 is 0 Å². The minimum absolute atomic E-state index is 0.494. The molecule has 1 aromatic carbocycles. The van der Waals surface area contributed by atoms with Gasteiger partial charge in [-0.3, -0.25) is 0 Å². The molecule has 1 aromatic rings. The van der Waals surface area contributed by atoms with Gasteiger partial charge in [-0.25, -0.2) is 0 Å².